The molecule has 2 aromatic carbocycles. The standard InChI is InChI=1S/C18H15ClF3NO5/c1-25-4-5-26-14-3-2-11(18(20,21)22)8-13(14)23-17(24)10-6-12(19)16-15(7-10)27-9-28-16/h2-3,6-8H,4-5,9H2,1H3,(H,23,24). The Morgan fingerprint density at radius 2 is 2.00 bits per heavy atom. The Morgan fingerprint density at radius 3 is 2.71 bits per heavy atom. The van der Waals surface area contributed by atoms with Crippen LogP contribution in [-0.4, -0.2) is 33.0 Å². The fourth-order valence-electron chi connectivity index (χ4n) is 2.46. The molecule has 1 amide bonds. The van der Waals surface area contributed by atoms with E-state index in [1.54, 1.807) is 0 Å². The number of halogens is 4. The van der Waals surface area contributed by atoms with Gasteiger partial charge >= 0.3 is 6.18 Å². The molecule has 150 valence electrons. The smallest absolute Gasteiger partial charge is 0.416 e. The van der Waals surface area contributed by atoms with E-state index in [0.717, 1.165) is 18.2 Å². The molecule has 1 aliphatic heterocycles. The average Bonchev–Trinajstić information content (AvgIpc) is 3.11. The van der Waals surface area contributed by atoms with Gasteiger partial charge in [-0.2, -0.15) is 13.2 Å². The molecule has 0 bridgehead atoms. The summed E-state index contributed by atoms with van der Waals surface area (Å²) in [4.78, 5) is 12.6. The predicted molar refractivity (Wildman–Crippen MR) is 94.3 cm³/mol. The minimum Gasteiger partial charge on any atom is -0.489 e. The van der Waals surface area contributed by atoms with Gasteiger partial charge in [-0.1, -0.05) is 11.6 Å². The van der Waals surface area contributed by atoms with Crippen molar-refractivity contribution in [2.45, 2.75) is 6.18 Å². The minimum absolute atomic E-state index is 0.0365. The molecule has 28 heavy (non-hydrogen) atoms. The average molecular weight is 418 g/mol. The molecule has 10 heteroatoms. The first kappa shape index (κ1) is 20.1. The topological polar surface area (TPSA) is 66.0 Å². The summed E-state index contributed by atoms with van der Waals surface area (Å²) in [5.41, 5.74) is -0.968. The van der Waals surface area contributed by atoms with Gasteiger partial charge in [0.05, 0.1) is 22.9 Å². The number of rotatable bonds is 6. The van der Waals surface area contributed by atoms with Gasteiger partial charge in [-0.15, -0.1) is 0 Å². The number of fused-ring (bicyclic) bond motifs is 1. The molecule has 6 nitrogen and oxygen atoms in total. The highest BCUT2D eigenvalue weighted by atomic mass is 35.5. The number of hydrogen-bond acceptors (Lipinski definition) is 5. The van der Waals surface area contributed by atoms with Crippen molar-refractivity contribution < 1.29 is 36.9 Å². The van der Waals surface area contributed by atoms with Crippen molar-refractivity contribution in [3.63, 3.8) is 0 Å². The van der Waals surface area contributed by atoms with Gasteiger partial charge < -0.3 is 24.3 Å². The summed E-state index contributed by atoms with van der Waals surface area (Å²) in [5, 5.41) is 2.58. The fraction of sp³-hybridized carbons (Fsp3) is 0.278. The second-order valence-corrected chi connectivity index (χ2v) is 6.10. The third-order valence-corrected chi connectivity index (χ3v) is 4.07. The number of alkyl halides is 3. The quantitative estimate of drug-likeness (QED) is 0.707. The van der Waals surface area contributed by atoms with Crippen molar-refractivity contribution in [3.8, 4) is 17.2 Å². The van der Waals surface area contributed by atoms with E-state index in [9.17, 15) is 18.0 Å². The normalized spacial score (nSPS) is 12.8. The summed E-state index contributed by atoms with van der Waals surface area (Å²) in [5.74, 6) is -0.0273. The maximum absolute atomic E-state index is 13.0. The fourth-order valence-corrected chi connectivity index (χ4v) is 2.72. The van der Waals surface area contributed by atoms with Crippen molar-refractivity contribution in [1.82, 2.24) is 0 Å². The number of hydrogen-bond donors (Lipinski definition) is 1. The highest BCUT2D eigenvalue weighted by Crippen LogP contribution is 2.40. The van der Waals surface area contributed by atoms with Crippen LogP contribution >= 0.6 is 11.6 Å². The molecule has 0 aromatic heterocycles. The van der Waals surface area contributed by atoms with Crippen molar-refractivity contribution in [2.24, 2.45) is 0 Å². The Morgan fingerprint density at radius 1 is 1.21 bits per heavy atom. The second kappa shape index (κ2) is 8.15. The number of ether oxygens (including phenoxy) is 4. The third kappa shape index (κ3) is 4.42. The summed E-state index contributed by atoms with van der Waals surface area (Å²) in [7, 11) is 1.46. The minimum atomic E-state index is -4.58. The summed E-state index contributed by atoms with van der Waals surface area (Å²) in [6, 6.07) is 5.54. The molecule has 0 saturated heterocycles. The van der Waals surface area contributed by atoms with Crippen LogP contribution in [0.4, 0.5) is 18.9 Å². The van der Waals surface area contributed by atoms with Crippen LogP contribution in [0.3, 0.4) is 0 Å². The van der Waals surface area contributed by atoms with Crippen molar-refractivity contribution >= 4 is 23.2 Å². The van der Waals surface area contributed by atoms with Crippen molar-refractivity contribution in [2.75, 3.05) is 32.4 Å². The van der Waals surface area contributed by atoms with Crippen LogP contribution in [0.15, 0.2) is 30.3 Å². The molecule has 0 spiro atoms. The van der Waals surface area contributed by atoms with Gasteiger partial charge in [0.15, 0.2) is 11.5 Å². The zero-order valence-corrected chi connectivity index (χ0v) is 15.3. The maximum atomic E-state index is 13.0. The maximum Gasteiger partial charge on any atom is 0.416 e. The summed E-state index contributed by atoms with van der Waals surface area (Å²) >= 11 is 6.05. The number of carbonyl (C=O) groups excluding carboxylic acids is 1. The number of anilines is 1. The molecule has 0 aliphatic carbocycles. The van der Waals surface area contributed by atoms with E-state index >= 15 is 0 Å². The number of carbonyl (C=O) groups is 1. The van der Waals surface area contributed by atoms with E-state index in [1.165, 1.54) is 19.2 Å². The van der Waals surface area contributed by atoms with Gasteiger partial charge in [0.2, 0.25) is 6.79 Å². The second-order valence-electron chi connectivity index (χ2n) is 5.70. The van der Waals surface area contributed by atoms with E-state index in [2.05, 4.69) is 5.32 Å². The SMILES string of the molecule is COCCOc1ccc(C(F)(F)F)cc1NC(=O)c1cc(Cl)c2c(c1)OCO2. The van der Waals surface area contributed by atoms with Crippen LogP contribution in [0.5, 0.6) is 17.2 Å². The zero-order chi connectivity index (χ0) is 20.3. The van der Waals surface area contributed by atoms with Crippen molar-refractivity contribution in [3.05, 3.63) is 46.5 Å². The van der Waals surface area contributed by atoms with Crippen LogP contribution in [0.1, 0.15) is 15.9 Å². The van der Waals surface area contributed by atoms with E-state index in [0.29, 0.717) is 5.75 Å². The Bertz CT molecular complexity index is 888. The lowest BCUT2D eigenvalue weighted by Crippen LogP contribution is -2.15. The summed E-state index contributed by atoms with van der Waals surface area (Å²) in [6.07, 6.45) is -4.58. The Labute approximate surface area is 163 Å². The van der Waals surface area contributed by atoms with E-state index in [-0.39, 0.29) is 47.8 Å². The van der Waals surface area contributed by atoms with Gasteiger partial charge in [-0.3, -0.25) is 4.79 Å². The third-order valence-electron chi connectivity index (χ3n) is 3.79. The lowest BCUT2D eigenvalue weighted by atomic mass is 10.1. The van der Waals surface area contributed by atoms with Gasteiger partial charge in [-0.25, -0.2) is 0 Å². The predicted octanol–water partition coefficient (Wildman–Crippen LogP) is 4.37. The molecular weight excluding hydrogens is 403 g/mol. The lowest BCUT2D eigenvalue weighted by molar-refractivity contribution is -0.137. The first-order chi connectivity index (χ1) is 13.3. The molecular formula is C18H15ClF3NO5. The van der Waals surface area contributed by atoms with E-state index in [4.69, 9.17) is 30.5 Å². The van der Waals surface area contributed by atoms with Gasteiger partial charge in [0.25, 0.3) is 5.91 Å². The molecule has 0 saturated carbocycles. The Hall–Kier alpha value is -2.65. The van der Waals surface area contributed by atoms with Crippen LogP contribution in [0.25, 0.3) is 0 Å². The van der Waals surface area contributed by atoms with Crippen molar-refractivity contribution in [1.29, 1.82) is 0 Å². The van der Waals surface area contributed by atoms with Crippen LogP contribution < -0.4 is 19.5 Å². The molecule has 2 aromatic rings. The lowest BCUT2D eigenvalue weighted by Gasteiger charge is -2.15. The first-order valence-electron chi connectivity index (χ1n) is 8.03. The molecule has 1 aliphatic rings. The monoisotopic (exact) mass is 417 g/mol. The summed E-state index contributed by atoms with van der Waals surface area (Å²) < 4.78 is 59.8. The van der Waals surface area contributed by atoms with E-state index < -0.39 is 17.6 Å². The number of nitrogens with one attached hydrogen (secondary N) is 1. The van der Waals surface area contributed by atoms with Crippen LogP contribution in [-0.2, 0) is 10.9 Å². The highest BCUT2D eigenvalue weighted by Gasteiger charge is 2.31. The Balaban J connectivity index is 1.88. The molecule has 0 radical (unpaired) electrons. The molecule has 0 unspecified atom stereocenters. The van der Waals surface area contributed by atoms with Gasteiger partial charge in [0, 0.05) is 12.7 Å². The molecule has 0 atom stereocenters. The number of amides is 1. The largest absolute Gasteiger partial charge is 0.489 e. The number of methoxy groups -OCH3 is 1. The van der Waals surface area contributed by atoms with Crippen LogP contribution in [0.2, 0.25) is 5.02 Å². The zero-order valence-electron chi connectivity index (χ0n) is 14.6. The van der Waals surface area contributed by atoms with Gasteiger partial charge in [-0.05, 0) is 30.3 Å². The highest BCUT2D eigenvalue weighted by molar-refractivity contribution is 6.32. The molecule has 1 N–H and O–H groups in total. The first-order valence-corrected chi connectivity index (χ1v) is 8.41. The molecule has 0 fully saturated rings. The summed E-state index contributed by atoms with van der Waals surface area (Å²) in [6.45, 7) is 0.290. The Kier molecular flexibility index (Phi) is 5.85. The molecule has 3 rings (SSSR count). The molecule has 1 heterocycles. The van der Waals surface area contributed by atoms with Gasteiger partial charge in [0.1, 0.15) is 12.4 Å². The van der Waals surface area contributed by atoms with E-state index in [1.807, 2.05) is 0 Å². The van der Waals surface area contributed by atoms with Crippen LogP contribution in [0, 0.1) is 0 Å². The number of benzene rings is 2.